The van der Waals surface area contributed by atoms with Gasteiger partial charge < -0.3 is 10.2 Å². The van der Waals surface area contributed by atoms with Gasteiger partial charge in [-0.1, -0.05) is 0 Å². The second kappa shape index (κ2) is 3.74. The standard InChI is InChI=1S/C8H8N2O3/c9-4-6-3-5(1-2-11)7(12)10-8(6)13/h3,11H,1-2H2,(H2,10,12,13). The number of nitrogens with one attached hydrogen (secondary N) is 1. The Bertz CT molecular complexity index is 403. The Morgan fingerprint density at radius 3 is 2.85 bits per heavy atom. The molecule has 0 aromatic carbocycles. The summed E-state index contributed by atoms with van der Waals surface area (Å²) in [4.78, 5) is 13.0. The van der Waals surface area contributed by atoms with E-state index < -0.39 is 5.56 Å². The minimum atomic E-state index is -0.623. The van der Waals surface area contributed by atoms with Crippen molar-refractivity contribution in [2.24, 2.45) is 0 Å². The van der Waals surface area contributed by atoms with Crippen molar-refractivity contribution in [3.63, 3.8) is 0 Å². The van der Waals surface area contributed by atoms with Gasteiger partial charge in [-0.3, -0.25) is 9.78 Å². The number of nitrogens with zero attached hydrogens (tertiary/aromatic N) is 1. The monoisotopic (exact) mass is 180 g/mol. The molecule has 0 saturated heterocycles. The van der Waals surface area contributed by atoms with E-state index in [4.69, 9.17) is 15.5 Å². The van der Waals surface area contributed by atoms with Gasteiger partial charge in [0.15, 0.2) is 5.88 Å². The van der Waals surface area contributed by atoms with Crippen molar-refractivity contribution in [3.8, 4) is 11.9 Å². The van der Waals surface area contributed by atoms with Crippen molar-refractivity contribution < 1.29 is 10.2 Å². The van der Waals surface area contributed by atoms with E-state index in [0.29, 0.717) is 5.56 Å². The zero-order chi connectivity index (χ0) is 9.84. The van der Waals surface area contributed by atoms with Gasteiger partial charge in [-0.2, -0.15) is 5.26 Å². The van der Waals surface area contributed by atoms with Gasteiger partial charge in [-0.15, -0.1) is 0 Å². The normalized spacial score (nSPS) is 9.54. The van der Waals surface area contributed by atoms with E-state index in [1.165, 1.54) is 6.07 Å². The maximum atomic E-state index is 10.9. The lowest BCUT2D eigenvalue weighted by atomic mass is 10.1. The van der Waals surface area contributed by atoms with Crippen molar-refractivity contribution in [2.75, 3.05) is 6.61 Å². The van der Waals surface area contributed by atoms with Gasteiger partial charge in [-0.05, 0) is 6.07 Å². The maximum Gasteiger partial charge on any atom is 0.268 e. The van der Waals surface area contributed by atoms with Crippen LogP contribution in [0.1, 0.15) is 11.1 Å². The highest BCUT2D eigenvalue weighted by molar-refractivity contribution is 5.35. The highest BCUT2D eigenvalue weighted by Gasteiger charge is 2.06. The summed E-state index contributed by atoms with van der Waals surface area (Å²) in [6.07, 6.45) is 0.206. The van der Waals surface area contributed by atoms with Gasteiger partial charge in [0, 0.05) is 18.6 Å². The van der Waals surface area contributed by atoms with Crippen LogP contribution in [0.5, 0.6) is 5.88 Å². The molecular formula is C8H8N2O3. The summed E-state index contributed by atoms with van der Waals surface area (Å²) in [6.45, 7) is -0.148. The minimum Gasteiger partial charge on any atom is -0.494 e. The molecule has 0 amide bonds. The van der Waals surface area contributed by atoms with Crippen molar-refractivity contribution in [3.05, 3.63) is 27.5 Å². The van der Waals surface area contributed by atoms with Gasteiger partial charge in [0.25, 0.3) is 5.56 Å². The molecule has 5 nitrogen and oxygen atoms in total. The molecule has 1 heterocycles. The fourth-order valence-electron chi connectivity index (χ4n) is 0.957. The van der Waals surface area contributed by atoms with E-state index in [2.05, 4.69) is 4.98 Å². The predicted octanol–water partition coefficient (Wildman–Crippen LogP) is -0.513. The molecule has 1 aromatic rings. The van der Waals surface area contributed by atoms with Gasteiger partial charge in [0.1, 0.15) is 11.6 Å². The topological polar surface area (TPSA) is 97.1 Å². The molecule has 3 N–H and O–H groups in total. The fourth-order valence-corrected chi connectivity index (χ4v) is 0.957. The van der Waals surface area contributed by atoms with Crippen molar-refractivity contribution in [2.45, 2.75) is 6.42 Å². The van der Waals surface area contributed by atoms with Crippen molar-refractivity contribution >= 4 is 0 Å². The summed E-state index contributed by atoms with van der Waals surface area (Å²) in [6, 6.07) is 2.95. The number of hydrogen-bond acceptors (Lipinski definition) is 4. The summed E-state index contributed by atoms with van der Waals surface area (Å²) in [7, 11) is 0. The molecule has 0 spiro atoms. The Morgan fingerprint density at radius 2 is 2.31 bits per heavy atom. The molecule has 0 aliphatic carbocycles. The molecule has 0 radical (unpaired) electrons. The lowest BCUT2D eigenvalue weighted by Gasteiger charge is -2.01. The summed E-state index contributed by atoms with van der Waals surface area (Å²) < 4.78 is 0. The number of aromatic nitrogens is 1. The van der Waals surface area contributed by atoms with Crippen LogP contribution in [0.25, 0.3) is 0 Å². The third-order valence-electron chi connectivity index (χ3n) is 1.60. The van der Waals surface area contributed by atoms with Gasteiger partial charge in [0.05, 0.1) is 0 Å². The minimum absolute atomic E-state index is 0.0683. The quantitative estimate of drug-likeness (QED) is 0.570. The molecule has 0 unspecified atom stereocenters. The lowest BCUT2D eigenvalue weighted by Crippen LogP contribution is -2.11. The SMILES string of the molecule is N#Cc1cc(CCO)c(O)[nH]c1=O. The van der Waals surface area contributed by atoms with Crippen LogP contribution in [0, 0.1) is 11.3 Å². The number of pyridine rings is 1. The third-order valence-corrected chi connectivity index (χ3v) is 1.60. The molecule has 0 saturated carbocycles. The summed E-state index contributed by atoms with van der Waals surface area (Å²) in [5.41, 5.74) is -0.332. The first kappa shape index (κ1) is 9.29. The second-order valence-electron chi connectivity index (χ2n) is 2.47. The molecule has 13 heavy (non-hydrogen) atoms. The number of aliphatic hydroxyl groups is 1. The van der Waals surface area contributed by atoms with Gasteiger partial charge in [-0.25, -0.2) is 0 Å². The van der Waals surface area contributed by atoms with E-state index in [9.17, 15) is 4.79 Å². The van der Waals surface area contributed by atoms with Crippen molar-refractivity contribution in [1.82, 2.24) is 4.98 Å². The number of aromatic amines is 1. The first-order chi connectivity index (χ1) is 6.19. The van der Waals surface area contributed by atoms with E-state index in [0.717, 1.165) is 0 Å². The summed E-state index contributed by atoms with van der Waals surface area (Å²) >= 11 is 0. The molecule has 0 fully saturated rings. The molecule has 0 aliphatic heterocycles. The van der Waals surface area contributed by atoms with Crippen LogP contribution < -0.4 is 5.56 Å². The molecule has 5 heteroatoms. The number of rotatable bonds is 2. The second-order valence-corrected chi connectivity index (χ2v) is 2.47. The van der Waals surface area contributed by atoms with E-state index >= 15 is 0 Å². The van der Waals surface area contributed by atoms with E-state index in [1.807, 2.05) is 0 Å². The number of nitriles is 1. The van der Waals surface area contributed by atoms with E-state index in [-0.39, 0.29) is 24.5 Å². The number of hydrogen-bond donors (Lipinski definition) is 3. The summed E-state index contributed by atoms with van der Waals surface area (Å²) in [5, 5.41) is 26.2. The Balaban J connectivity index is 3.24. The van der Waals surface area contributed by atoms with Crippen LogP contribution in [0.4, 0.5) is 0 Å². The average molecular weight is 180 g/mol. The zero-order valence-electron chi connectivity index (χ0n) is 6.74. The molecule has 68 valence electrons. The Morgan fingerprint density at radius 1 is 1.62 bits per heavy atom. The highest BCUT2D eigenvalue weighted by atomic mass is 16.3. The number of H-pyrrole nitrogens is 1. The largest absolute Gasteiger partial charge is 0.494 e. The molecule has 1 aromatic heterocycles. The average Bonchev–Trinajstić information content (AvgIpc) is 2.10. The molecule has 0 aliphatic rings. The van der Waals surface area contributed by atoms with Crippen LogP contribution >= 0.6 is 0 Å². The molecule has 1 rings (SSSR count). The smallest absolute Gasteiger partial charge is 0.268 e. The Labute approximate surface area is 73.9 Å². The van der Waals surface area contributed by atoms with Crippen LogP contribution in [0.2, 0.25) is 0 Å². The number of aliphatic hydroxyl groups excluding tert-OH is 1. The summed E-state index contributed by atoms with van der Waals surface area (Å²) in [5.74, 6) is -0.293. The maximum absolute atomic E-state index is 10.9. The third kappa shape index (κ3) is 1.86. The van der Waals surface area contributed by atoms with Crippen molar-refractivity contribution in [1.29, 1.82) is 5.26 Å². The van der Waals surface area contributed by atoms with Gasteiger partial charge in [0.2, 0.25) is 0 Å². The van der Waals surface area contributed by atoms with Crippen LogP contribution in [-0.4, -0.2) is 21.8 Å². The van der Waals surface area contributed by atoms with Crippen LogP contribution in [-0.2, 0) is 6.42 Å². The predicted molar refractivity (Wildman–Crippen MR) is 44.2 cm³/mol. The molecular weight excluding hydrogens is 172 g/mol. The highest BCUT2D eigenvalue weighted by Crippen LogP contribution is 2.11. The molecule has 0 bridgehead atoms. The zero-order valence-corrected chi connectivity index (χ0v) is 6.74. The first-order valence-electron chi connectivity index (χ1n) is 3.65. The van der Waals surface area contributed by atoms with Gasteiger partial charge >= 0.3 is 0 Å². The molecule has 0 atom stereocenters. The first-order valence-corrected chi connectivity index (χ1v) is 3.65. The lowest BCUT2D eigenvalue weighted by molar-refractivity contribution is 0.296. The Kier molecular flexibility index (Phi) is 2.67. The Hall–Kier alpha value is -1.80. The van der Waals surface area contributed by atoms with Crippen LogP contribution in [0.15, 0.2) is 10.9 Å². The van der Waals surface area contributed by atoms with Crippen LogP contribution in [0.3, 0.4) is 0 Å². The fraction of sp³-hybridized carbons (Fsp3) is 0.250. The number of aromatic hydroxyl groups is 1. The van der Waals surface area contributed by atoms with E-state index in [1.54, 1.807) is 6.07 Å².